The van der Waals surface area contributed by atoms with Crippen LogP contribution in [0.15, 0.2) is 22.7 Å². The highest BCUT2D eigenvalue weighted by Crippen LogP contribution is 2.27. The average molecular weight is 287 g/mol. The van der Waals surface area contributed by atoms with Crippen molar-refractivity contribution in [1.82, 2.24) is 0 Å². The van der Waals surface area contributed by atoms with Crippen LogP contribution in [0.25, 0.3) is 0 Å². The molecule has 0 aromatic heterocycles. The number of β-amino-alcohol motifs (C(OH)–C–C–N with tert-alkyl or cyclic N) is 2. The summed E-state index contributed by atoms with van der Waals surface area (Å²) in [6.07, 6.45) is -1.34. The van der Waals surface area contributed by atoms with Crippen LogP contribution in [0.4, 0.5) is 5.69 Å². The van der Waals surface area contributed by atoms with E-state index < -0.39 is 12.2 Å². The molecule has 1 fully saturated rings. The standard InChI is InChI=1S/C11H15BrN2O2/c12-8-1-2-9(7(3-8)4-13)14-5-10(15)11(16)6-14/h1-3,10-11,15-16H,4-6,13H2. The van der Waals surface area contributed by atoms with Gasteiger partial charge in [0.1, 0.15) is 0 Å². The molecule has 2 unspecified atom stereocenters. The van der Waals surface area contributed by atoms with Gasteiger partial charge in [-0.1, -0.05) is 15.9 Å². The van der Waals surface area contributed by atoms with Crippen LogP contribution < -0.4 is 10.6 Å². The van der Waals surface area contributed by atoms with Gasteiger partial charge in [-0.25, -0.2) is 0 Å². The predicted octanol–water partition coefficient (Wildman–Crippen LogP) is 0.450. The number of aliphatic hydroxyl groups excluding tert-OH is 2. The number of anilines is 1. The highest BCUT2D eigenvalue weighted by molar-refractivity contribution is 9.10. The van der Waals surface area contributed by atoms with Crippen LogP contribution in [0.3, 0.4) is 0 Å². The second-order valence-corrected chi connectivity index (χ2v) is 4.93. The maximum atomic E-state index is 9.52. The molecule has 0 spiro atoms. The molecule has 1 saturated heterocycles. The summed E-state index contributed by atoms with van der Waals surface area (Å²) in [5.41, 5.74) is 7.68. The number of benzene rings is 1. The Morgan fingerprint density at radius 1 is 1.31 bits per heavy atom. The van der Waals surface area contributed by atoms with Crippen LogP contribution in [0.5, 0.6) is 0 Å². The molecule has 0 aliphatic carbocycles. The largest absolute Gasteiger partial charge is 0.389 e. The Bertz CT molecular complexity index is 376. The van der Waals surface area contributed by atoms with Crippen LogP contribution in [-0.2, 0) is 6.54 Å². The van der Waals surface area contributed by atoms with Crippen molar-refractivity contribution in [2.24, 2.45) is 5.73 Å². The minimum atomic E-state index is -0.672. The summed E-state index contributed by atoms with van der Waals surface area (Å²) in [5.74, 6) is 0. The number of hydrogen-bond acceptors (Lipinski definition) is 4. The molecule has 0 bridgehead atoms. The van der Waals surface area contributed by atoms with Crippen molar-refractivity contribution >= 4 is 21.6 Å². The van der Waals surface area contributed by atoms with Crippen molar-refractivity contribution in [2.45, 2.75) is 18.8 Å². The SMILES string of the molecule is NCc1cc(Br)ccc1N1CC(O)C(O)C1. The van der Waals surface area contributed by atoms with E-state index in [2.05, 4.69) is 15.9 Å². The minimum Gasteiger partial charge on any atom is -0.389 e. The lowest BCUT2D eigenvalue weighted by Crippen LogP contribution is -2.23. The monoisotopic (exact) mass is 286 g/mol. The number of nitrogens with two attached hydrogens (primary N) is 1. The Hall–Kier alpha value is -0.620. The Morgan fingerprint density at radius 3 is 2.50 bits per heavy atom. The van der Waals surface area contributed by atoms with Gasteiger partial charge in [-0.2, -0.15) is 0 Å². The molecular formula is C11H15BrN2O2. The summed E-state index contributed by atoms with van der Waals surface area (Å²) in [7, 11) is 0. The molecule has 0 amide bonds. The lowest BCUT2D eigenvalue weighted by Gasteiger charge is -2.21. The number of nitrogens with zero attached hydrogens (tertiary/aromatic N) is 1. The van der Waals surface area contributed by atoms with Crippen molar-refractivity contribution in [3.63, 3.8) is 0 Å². The zero-order valence-corrected chi connectivity index (χ0v) is 10.4. The van der Waals surface area contributed by atoms with E-state index in [1.165, 1.54) is 0 Å². The van der Waals surface area contributed by atoms with Crippen molar-refractivity contribution in [2.75, 3.05) is 18.0 Å². The lowest BCUT2D eigenvalue weighted by molar-refractivity contribution is 0.0572. The van der Waals surface area contributed by atoms with Crippen molar-refractivity contribution < 1.29 is 10.2 Å². The highest BCUT2D eigenvalue weighted by atomic mass is 79.9. The van der Waals surface area contributed by atoms with Crippen LogP contribution in [0.2, 0.25) is 0 Å². The minimum absolute atomic E-state index is 0.442. The first-order chi connectivity index (χ1) is 7.61. The van der Waals surface area contributed by atoms with E-state index in [9.17, 15) is 10.2 Å². The normalized spacial score (nSPS) is 25.1. The van der Waals surface area contributed by atoms with Gasteiger partial charge in [0, 0.05) is 29.8 Å². The molecule has 4 nitrogen and oxygen atoms in total. The first-order valence-corrected chi connectivity index (χ1v) is 6.00. The Morgan fingerprint density at radius 2 is 1.94 bits per heavy atom. The molecule has 0 radical (unpaired) electrons. The van der Waals surface area contributed by atoms with Crippen molar-refractivity contribution in [3.05, 3.63) is 28.2 Å². The molecule has 2 rings (SSSR count). The quantitative estimate of drug-likeness (QED) is 0.738. The summed E-state index contributed by atoms with van der Waals surface area (Å²) in [6, 6.07) is 5.86. The molecule has 1 aliphatic rings. The maximum absolute atomic E-state index is 9.52. The van der Waals surface area contributed by atoms with Crippen LogP contribution in [0, 0.1) is 0 Å². The number of hydrogen-bond donors (Lipinski definition) is 3. The van der Waals surface area contributed by atoms with Gasteiger partial charge in [0.25, 0.3) is 0 Å². The summed E-state index contributed by atoms with van der Waals surface area (Å²) in [5, 5.41) is 19.0. The van der Waals surface area contributed by atoms with Crippen LogP contribution in [0.1, 0.15) is 5.56 Å². The molecule has 2 atom stereocenters. The predicted molar refractivity (Wildman–Crippen MR) is 66.3 cm³/mol. The molecule has 0 saturated carbocycles. The summed E-state index contributed by atoms with van der Waals surface area (Å²) in [6.45, 7) is 1.35. The third-order valence-corrected chi connectivity index (χ3v) is 3.35. The van der Waals surface area contributed by atoms with Gasteiger partial charge in [-0.05, 0) is 23.8 Å². The van der Waals surface area contributed by atoms with E-state index >= 15 is 0 Å². The molecule has 88 valence electrons. The smallest absolute Gasteiger partial charge is 0.0990 e. The first-order valence-electron chi connectivity index (χ1n) is 5.21. The van der Waals surface area contributed by atoms with Crippen LogP contribution in [-0.4, -0.2) is 35.5 Å². The second-order valence-electron chi connectivity index (χ2n) is 4.02. The van der Waals surface area contributed by atoms with Crippen LogP contribution >= 0.6 is 15.9 Å². The van der Waals surface area contributed by atoms with Gasteiger partial charge >= 0.3 is 0 Å². The van der Waals surface area contributed by atoms with E-state index in [1.54, 1.807) is 0 Å². The van der Waals surface area contributed by atoms with Gasteiger partial charge in [-0.15, -0.1) is 0 Å². The molecule has 1 aromatic rings. The van der Waals surface area contributed by atoms with E-state index in [1.807, 2.05) is 23.1 Å². The molecule has 5 heteroatoms. The summed E-state index contributed by atoms with van der Waals surface area (Å²) >= 11 is 3.40. The fourth-order valence-corrected chi connectivity index (χ4v) is 2.40. The lowest BCUT2D eigenvalue weighted by atomic mass is 10.1. The molecule has 4 N–H and O–H groups in total. The van der Waals surface area contributed by atoms with Crippen molar-refractivity contribution in [1.29, 1.82) is 0 Å². The van der Waals surface area contributed by atoms with E-state index in [0.717, 1.165) is 15.7 Å². The molecule has 1 aliphatic heterocycles. The maximum Gasteiger partial charge on any atom is 0.0990 e. The number of rotatable bonds is 2. The molecule has 1 heterocycles. The fourth-order valence-electron chi connectivity index (χ4n) is 1.99. The second kappa shape index (κ2) is 4.71. The molecular weight excluding hydrogens is 272 g/mol. The molecule has 1 aromatic carbocycles. The Labute approximate surface area is 103 Å². The van der Waals surface area contributed by atoms with Gasteiger partial charge in [0.2, 0.25) is 0 Å². The van der Waals surface area contributed by atoms with Gasteiger partial charge in [-0.3, -0.25) is 0 Å². The Kier molecular flexibility index (Phi) is 3.49. The van der Waals surface area contributed by atoms with E-state index in [0.29, 0.717) is 19.6 Å². The Balaban J connectivity index is 2.27. The third-order valence-electron chi connectivity index (χ3n) is 2.86. The van der Waals surface area contributed by atoms with Gasteiger partial charge in [0.15, 0.2) is 0 Å². The molecule has 16 heavy (non-hydrogen) atoms. The van der Waals surface area contributed by atoms with E-state index in [4.69, 9.17) is 5.73 Å². The zero-order chi connectivity index (χ0) is 11.7. The summed E-state index contributed by atoms with van der Waals surface area (Å²) < 4.78 is 0.983. The van der Waals surface area contributed by atoms with Gasteiger partial charge in [0.05, 0.1) is 12.2 Å². The average Bonchev–Trinajstić information content (AvgIpc) is 2.59. The summed E-state index contributed by atoms with van der Waals surface area (Å²) in [4.78, 5) is 1.96. The number of halogens is 1. The van der Waals surface area contributed by atoms with Gasteiger partial charge < -0.3 is 20.8 Å². The first kappa shape index (κ1) is 11.9. The topological polar surface area (TPSA) is 69.7 Å². The zero-order valence-electron chi connectivity index (χ0n) is 8.81. The highest BCUT2D eigenvalue weighted by Gasteiger charge is 2.30. The third kappa shape index (κ3) is 2.22. The van der Waals surface area contributed by atoms with Crippen molar-refractivity contribution in [3.8, 4) is 0 Å². The fraction of sp³-hybridized carbons (Fsp3) is 0.455. The number of aliphatic hydroxyl groups is 2. The van der Waals surface area contributed by atoms with E-state index in [-0.39, 0.29) is 0 Å².